The Morgan fingerprint density at radius 3 is 2.48 bits per heavy atom. The molecule has 0 saturated heterocycles. The molecule has 3 rings (SSSR count). The first kappa shape index (κ1) is 16.1. The molecule has 4 nitrogen and oxygen atoms in total. The Hall–Kier alpha value is -1.82. The highest BCUT2D eigenvalue weighted by Gasteiger charge is 2.13. The van der Waals surface area contributed by atoms with Gasteiger partial charge in [-0.05, 0) is 30.3 Å². The zero-order valence-corrected chi connectivity index (χ0v) is 14.6. The monoisotopic (exact) mass is 410 g/mol. The molecule has 1 aromatic heterocycles. The van der Waals surface area contributed by atoms with Crippen molar-refractivity contribution in [3.05, 3.63) is 79.6 Å². The SMILES string of the molecule is O=c1c(Cl)c(Oc2ccc(Br)cc2Cl)cnn1-c1ccccc1. The van der Waals surface area contributed by atoms with Gasteiger partial charge < -0.3 is 4.74 Å². The van der Waals surface area contributed by atoms with E-state index in [1.807, 2.05) is 18.2 Å². The molecule has 0 radical (unpaired) electrons. The van der Waals surface area contributed by atoms with E-state index in [0.29, 0.717) is 16.5 Å². The van der Waals surface area contributed by atoms with Crippen molar-refractivity contribution < 1.29 is 4.74 Å². The molecule has 0 aliphatic rings. The molecule has 23 heavy (non-hydrogen) atoms. The van der Waals surface area contributed by atoms with Gasteiger partial charge in [0.1, 0.15) is 5.75 Å². The maximum absolute atomic E-state index is 12.4. The second-order valence-electron chi connectivity index (χ2n) is 4.55. The minimum Gasteiger partial charge on any atom is -0.452 e. The number of hydrogen-bond donors (Lipinski definition) is 0. The van der Waals surface area contributed by atoms with Crippen molar-refractivity contribution in [3.63, 3.8) is 0 Å². The minimum atomic E-state index is -0.469. The second-order valence-corrected chi connectivity index (χ2v) is 6.25. The molecule has 116 valence electrons. The highest BCUT2D eigenvalue weighted by atomic mass is 79.9. The molecule has 0 amide bonds. The van der Waals surface area contributed by atoms with Gasteiger partial charge in [0.2, 0.25) is 0 Å². The third-order valence-electron chi connectivity index (χ3n) is 3.00. The molecular weight excluding hydrogens is 403 g/mol. The number of nitrogens with zero attached hydrogens (tertiary/aromatic N) is 2. The van der Waals surface area contributed by atoms with Crippen LogP contribution in [0.4, 0.5) is 0 Å². The van der Waals surface area contributed by atoms with Crippen molar-refractivity contribution in [2.75, 3.05) is 0 Å². The zero-order valence-electron chi connectivity index (χ0n) is 11.5. The van der Waals surface area contributed by atoms with E-state index in [9.17, 15) is 4.79 Å². The molecule has 0 N–H and O–H groups in total. The lowest BCUT2D eigenvalue weighted by Gasteiger charge is -2.10. The fourth-order valence-corrected chi connectivity index (χ4v) is 2.80. The van der Waals surface area contributed by atoms with E-state index in [1.165, 1.54) is 10.9 Å². The lowest BCUT2D eigenvalue weighted by molar-refractivity contribution is 0.475. The Kier molecular flexibility index (Phi) is 4.71. The van der Waals surface area contributed by atoms with Crippen LogP contribution in [-0.2, 0) is 0 Å². The molecule has 0 saturated carbocycles. The average molecular weight is 412 g/mol. The molecule has 0 aliphatic heterocycles. The summed E-state index contributed by atoms with van der Waals surface area (Å²) >= 11 is 15.5. The summed E-state index contributed by atoms with van der Waals surface area (Å²) in [4.78, 5) is 12.4. The van der Waals surface area contributed by atoms with Crippen LogP contribution in [0.1, 0.15) is 0 Å². The Labute approximate surface area is 150 Å². The topological polar surface area (TPSA) is 44.1 Å². The number of benzene rings is 2. The summed E-state index contributed by atoms with van der Waals surface area (Å²) in [6.07, 6.45) is 1.38. The third kappa shape index (κ3) is 3.42. The molecular formula is C16H9BrCl2N2O2. The summed E-state index contributed by atoms with van der Waals surface area (Å²) in [5.41, 5.74) is 0.149. The molecule has 7 heteroatoms. The Morgan fingerprint density at radius 2 is 1.78 bits per heavy atom. The van der Waals surface area contributed by atoms with E-state index in [0.717, 1.165) is 4.47 Å². The molecule has 0 aliphatic carbocycles. The van der Waals surface area contributed by atoms with Crippen LogP contribution >= 0.6 is 39.1 Å². The predicted molar refractivity (Wildman–Crippen MR) is 94.1 cm³/mol. The molecule has 2 aromatic carbocycles. The van der Waals surface area contributed by atoms with Crippen LogP contribution < -0.4 is 10.3 Å². The number of halogens is 3. The van der Waals surface area contributed by atoms with Crippen molar-refractivity contribution in [1.82, 2.24) is 9.78 Å². The molecule has 0 bridgehead atoms. The standard InChI is InChI=1S/C16H9BrCl2N2O2/c17-10-6-7-13(12(18)8-10)23-14-9-20-21(16(22)15(14)19)11-4-2-1-3-5-11/h1-9H. The van der Waals surface area contributed by atoms with Crippen LogP contribution in [0.2, 0.25) is 10.0 Å². The van der Waals surface area contributed by atoms with Gasteiger partial charge in [0.25, 0.3) is 5.56 Å². The van der Waals surface area contributed by atoms with Gasteiger partial charge >= 0.3 is 0 Å². The number of para-hydroxylation sites is 1. The molecule has 0 fully saturated rings. The van der Waals surface area contributed by atoms with Crippen molar-refractivity contribution in [1.29, 1.82) is 0 Å². The normalized spacial score (nSPS) is 10.6. The molecule has 0 atom stereocenters. The van der Waals surface area contributed by atoms with Crippen LogP contribution in [0.5, 0.6) is 11.5 Å². The van der Waals surface area contributed by atoms with Crippen molar-refractivity contribution in [3.8, 4) is 17.2 Å². The van der Waals surface area contributed by atoms with E-state index in [2.05, 4.69) is 21.0 Å². The maximum atomic E-state index is 12.4. The quantitative estimate of drug-likeness (QED) is 0.602. The summed E-state index contributed by atoms with van der Waals surface area (Å²) < 4.78 is 7.63. The van der Waals surface area contributed by atoms with Gasteiger partial charge in [0, 0.05) is 4.47 Å². The van der Waals surface area contributed by atoms with Crippen LogP contribution in [0, 0.1) is 0 Å². The highest BCUT2D eigenvalue weighted by molar-refractivity contribution is 9.10. The van der Waals surface area contributed by atoms with Crippen molar-refractivity contribution in [2.45, 2.75) is 0 Å². The van der Waals surface area contributed by atoms with Crippen molar-refractivity contribution >= 4 is 39.1 Å². The van der Waals surface area contributed by atoms with E-state index in [1.54, 1.807) is 30.3 Å². The number of ether oxygens (including phenoxy) is 1. The second kappa shape index (κ2) is 6.74. The Balaban J connectivity index is 1.99. The van der Waals surface area contributed by atoms with Crippen LogP contribution in [0.3, 0.4) is 0 Å². The zero-order chi connectivity index (χ0) is 16.4. The summed E-state index contributed by atoms with van der Waals surface area (Å²) in [5.74, 6) is 0.531. The molecule has 0 unspecified atom stereocenters. The summed E-state index contributed by atoms with van der Waals surface area (Å²) in [6.45, 7) is 0. The first-order chi connectivity index (χ1) is 11.1. The van der Waals surface area contributed by atoms with Gasteiger partial charge in [-0.3, -0.25) is 4.79 Å². The maximum Gasteiger partial charge on any atom is 0.294 e. The van der Waals surface area contributed by atoms with E-state index in [4.69, 9.17) is 27.9 Å². The lowest BCUT2D eigenvalue weighted by Crippen LogP contribution is -2.21. The highest BCUT2D eigenvalue weighted by Crippen LogP contribution is 2.33. The number of rotatable bonds is 3. The smallest absolute Gasteiger partial charge is 0.294 e. The summed E-state index contributed by atoms with van der Waals surface area (Å²) in [5, 5.41) is 4.42. The molecule has 1 heterocycles. The van der Waals surface area contributed by atoms with E-state index in [-0.39, 0.29) is 10.8 Å². The molecule has 3 aromatic rings. The van der Waals surface area contributed by atoms with Crippen LogP contribution in [0.15, 0.2) is 64.0 Å². The molecule has 0 spiro atoms. The Bertz CT molecular complexity index is 914. The first-order valence-electron chi connectivity index (χ1n) is 6.52. The number of hydrogen-bond acceptors (Lipinski definition) is 3. The van der Waals surface area contributed by atoms with Gasteiger partial charge in [-0.15, -0.1) is 0 Å². The van der Waals surface area contributed by atoms with Gasteiger partial charge in [0.05, 0.1) is 16.9 Å². The largest absolute Gasteiger partial charge is 0.452 e. The predicted octanol–water partition coefficient (Wildman–Crippen LogP) is 5.09. The fraction of sp³-hybridized carbons (Fsp3) is 0. The Morgan fingerprint density at radius 1 is 1.04 bits per heavy atom. The first-order valence-corrected chi connectivity index (χ1v) is 8.07. The van der Waals surface area contributed by atoms with Gasteiger partial charge in [-0.2, -0.15) is 9.78 Å². The van der Waals surface area contributed by atoms with E-state index >= 15 is 0 Å². The van der Waals surface area contributed by atoms with Gasteiger partial charge in [0.15, 0.2) is 10.8 Å². The fourth-order valence-electron chi connectivity index (χ4n) is 1.92. The van der Waals surface area contributed by atoms with Gasteiger partial charge in [-0.1, -0.05) is 57.3 Å². The van der Waals surface area contributed by atoms with E-state index < -0.39 is 5.56 Å². The minimum absolute atomic E-state index is 0.0668. The lowest BCUT2D eigenvalue weighted by atomic mass is 10.3. The van der Waals surface area contributed by atoms with Crippen LogP contribution in [-0.4, -0.2) is 9.78 Å². The van der Waals surface area contributed by atoms with Gasteiger partial charge in [-0.25, -0.2) is 0 Å². The summed E-state index contributed by atoms with van der Waals surface area (Å²) in [6, 6.07) is 14.1. The number of aromatic nitrogens is 2. The average Bonchev–Trinajstić information content (AvgIpc) is 2.55. The summed E-state index contributed by atoms with van der Waals surface area (Å²) in [7, 11) is 0. The van der Waals surface area contributed by atoms with Crippen molar-refractivity contribution in [2.24, 2.45) is 0 Å². The third-order valence-corrected chi connectivity index (χ3v) is 4.14. The van der Waals surface area contributed by atoms with Crippen LogP contribution in [0.25, 0.3) is 5.69 Å².